The fourth-order valence-electron chi connectivity index (χ4n) is 2.91. The number of rotatable bonds is 11. The molecule has 0 aromatic heterocycles. The second kappa shape index (κ2) is 11.3. The molecule has 0 saturated carbocycles. The highest BCUT2D eigenvalue weighted by Gasteiger charge is 2.16. The van der Waals surface area contributed by atoms with Gasteiger partial charge in [0.1, 0.15) is 24.2 Å². The summed E-state index contributed by atoms with van der Waals surface area (Å²) >= 11 is 0. The summed E-state index contributed by atoms with van der Waals surface area (Å²) in [6.45, 7) is 2.76. The van der Waals surface area contributed by atoms with Crippen molar-refractivity contribution in [2.24, 2.45) is 0 Å². The Morgan fingerprint density at radius 2 is 1.75 bits per heavy atom. The topological polar surface area (TPSA) is 48.0 Å². The van der Waals surface area contributed by atoms with E-state index in [9.17, 15) is 4.79 Å². The summed E-state index contributed by atoms with van der Waals surface area (Å²) in [5, 5.41) is 0. The van der Waals surface area contributed by atoms with Crippen LogP contribution in [0.25, 0.3) is 0 Å². The van der Waals surface area contributed by atoms with Crippen LogP contribution >= 0.6 is 0 Å². The van der Waals surface area contributed by atoms with Crippen LogP contribution < -0.4 is 9.47 Å². The van der Waals surface area contributed by atoms with Gasteiger partial charge in [0.25, 0.3) is 0 Å². The molecule has 5 heteroatoms. The molecule has 2 rings (SSSR count). The third-order valence-electron chi connectivity index (χ3n) is 4.39. The number of ether oxygens (including phenoxy) is 3. The van der Waals surface area contributed by atoms with E-state index in [4.69, 9.17) is 14.2 Å². The molecule has 0 amide bonds. The zero-order valence-electron chi connectivity index (χ0n) is 17.3. The summed E-state index contributed by atoms with van der Waals surface area (Å²) in [5.74, 6) is 1.50. The molecule has 1 atom stereocenters. The van der Waals surface area contributed by atoms with Crippen LogP contribution in [0.5, 0.6) is 11.5 Å². The number of hydrogen-bond donors (Lipinski definition) is 0. The number of nitrogens with zero attached hydrogens (tertiary/aromatic N) is 1. The molecular formula is C23H31NO4. The maximum Gasteiger partial charge on any atom is 0.305 e. The minimum atomic E-state index is -0.294. The van der Waals surface area contributed by atoms with Gasteiger partial charge in [-0.1, -0.05) is 37.3 Å². The SMILES string of the molecule is CCC(=O)OC(COc1ccccc1CCc1ccc(OC)cc1)CN(C)C. The van der Waals surface area contributed by atoms with E-state index in [0.29, 0.717) is 19.6 Å². The van der Waals surface area contributed by atoms with Gasteiger partial charge < -0.3 is 19.1 Å². The quantitative estimate of drug-likeness (QED) is 0.552. The first-order valence-corrected chi connectivity index (χ1v) is 9.69. The molecule has 0 spiro atoms. The molecule has 0 heterocycles. The second-order valence-corrected chi connectivity index (χ2v) is 6.99. The first-order chi connectivity index (χ1) is 13.5. The van der Waals surface area contributed by atoms with Gasteiger partial charge in [0.2, 0.25) is 0 Å². The normalized spacial score (nSPS) is 11.9. The van der Waals surface area contributed by atoms with Gasteiger partial charge in [-0.15, -0.1) is 0 Å². The molecule has 0 bridgehead atoms. The van der Waals surface area contributed by atoms with Gasteiger partial charge in [-0.25, -0.2) is 0 Å². The van der Waals surface area contributed by atoms with Crippen LogP contribution in [0.1, 0.15) is 24.5 Å². The first kappa shape index (κ1) is 21.8. The Labute approximate surface area is 168 Å². The van der Waals surface area contributed by atoms with E-state index < -0.39 is 0 Å². The van der Waals surface area contributed by atoms with Crippen molar-refractivity contribution in [3.63, 3.8) is 0 Å². The molecule has 0 aliphatic heterocycles. The Bertz CT molecular complexity index is 728. The highest BCUT2D eigenvalue weighted by molar-refractivity contribution is 5.69. The number of carbonyl (C=O) groups is 1. The molecule has 0 N–H and O–H groups in total. The summed E-state index contributed by atoms with van der Waals surface area (Å²) in [6, 6.07) is 16.2. The molecule has 152 valence electrons. The lowest BCUT2D eigenvalue weighted by Crippen LogP contribution is -2.35. The van der Waals surface area contributed by atoms with Crippen molar-refractivity contribution in [3.05, 3.63) is 59.7 Å². The van der Waals surface area contributed by atoms with E-state index in [0.717, 1.165) is 29.9 Å². The minimum Gasteiger partial charge on any atom is -0.497 e. The third-order valence-corrected chi connectivity index (χ3v) is 4.39. The van der Waals surface area contributed by atoms with Crippen molar-refractivity contribution in [1.29, 1.82) is 0 Å². The Morgan fingerprint density at radius 1 is 1.04 bits per heavy atom. The number of benzene rings is 2. The lowest BCUT2D eigenvalue weighted by molar-refractivity contribution is -0.150. The zero-order chi connectivity index (χ0) is 20.4. The summed E-state index contributed by atoms with van der Waals surface area (Å²) < 4.78 is 16.8. The molecule has 0 aliphatic carbocycles. The number of likely N-dealkylation sites (N-methyl/N-ethyl adjacent to an activating group) is 1. The first-order valence-electron chi connectivity index (χ1n) is 9.69. The number of hydrogen-bond acceptors (Lipinski definition) is 5. The fourth-order valence-corrected chi connectivity index (χ4v) is 2.91. The van der Waals surface area contributed by atoms with Crippen molar-refractivity contribution in [2.75, 3.05) is 34.4 Å². The van der Waals surface area contributed by atoms with Crippen molar-refractivity contribution < 1.29 is 19.0 Å². The van der Waals surface area contributed by atoms with Gasteiger partial charge in [0.15, 0.2) is 0 Å². The van der Waals surface area contributed by atoms with Gasteiger partial charge >= 0.3 is 5.97 Å². The Balaban J connectivity index is 1.98. The van der Waals surface area contributed by atoms with Gasteiger partial charge in [-0.2, -0.15) is 0 Å². The predicted octanol–water partition coefficient (Wildman–Crippen LogP) is 3.74. The van der Waals surface area contributed by atoms with E-state index in [1.54, 1.807) is 14.0 Å². The third kappa shape index (κ3) is 7.24. The van der Waals surface area contributed by atoms with Crippen molar-refractivity contribution in [2.45, 2.75) is 32.3 Å². The maximum absolute atomic E-state index is 11.7. The Hall–Kier alpha value is -2.53. The lowest BCUT2D eigenvalue weighted by Gasteiger charge is -2.22. The van der Waals surface area contributed by atoms with Crippen molar-refractivity contribution >= 4 is 5.97 Å². The van der Waals surface area contributed by atoms with Crippen LogP contribution in [0.15, 0.2) is 48.5 Å². The fraction of sp³-hybridized carbons (Fsp3) is 0.435. The van der Waals surface area contributed by atoms with Gasteiger partial charge in [0, 0.05) is 13.0 Å². The predicted molar refractivity (Wildman–Crippen MR) is 111 cm³/mol. The molecule has 28 heavy (non-hydrogen) atoms. The van der Waals surface area contributed by atoms with Crippen LogP contribution in [0.4, 0.5) is 0 Å². The molecule has 2 aromatic rings. The maximum atomic E-state index is 11.7. The second-order valence-electron chi connectivity index (χ2n) is 6.99. The summed E-state index contributed by atoms with van der Waals surface area (Å²) in [6.07, 6.45) is 1.85. The largest absolute Gasteiger partial charge is 0.497 e. The lowest BCUT2D eigenvalue weighted by atomic mass is 10.0. The van der Waals surface area contributed by atoms with Crippen LogP contribution in [0.3, 0.4) is 0 Å². The van der Waals surface area contributed by atoms with Crippen LogP contribution in [0, 0.1) is 0 Å². The molecule has 0 fully saturated rings. The number of aryl methyl sites for hydroxylation is 2. The van der Waals surface area contributed by atoms with E-state index >= 15 is 0 Å². The van der Waals surface area contributed by atoms with Crippen molar-refractivity contribution in [1.82, 2.24) is 4.90 Å². The smallest absolute Gasteiger partial charge is 0.305 e. The molecule has 0 radical (unpaired) electrons. The van der Waals surface area contributed by atoms with E-state index in [2.05, 4.69) is 18.2 Å². The molecule has 0 saturated heterocycles. The Morgan fingerprint density at radius 3 is 2.39 bits per heavy atom. The number of carbonyl (C=O) groups excluding carboxylic acids is 1. The summed E-state index contributed by atoms with van der Waals surface area (Å²) in [5.41, 5.74) is 2.39. The summed E-state index contributed by atoms with van der Waals surface area (Å²) in [4.78, 5) is 13.7. The number of methoxy groups -OCH3 is 1. The van der Waals surface area contributed by atoms with Crippen LogP contribution in [0.2, 0.25) is 0 Å². The number of para-hydroxylation sites is 1. The average molecular weight is 386 g/mol. The summed E-state index contributed by atoms with van der Waals surface area (Å²) in [7, 11) is 5.58. The van der Waals surface area contributed by atoms with E-state index in [1.807, 2.05) is 49.3 Å². The molecule has 5 nitrogen and oxygen atoms in total. The van der Waals surface area contributed by atoms with Crippen molar-refractivity contribution in [3.8, 4) is 11.5 Å². The van der Waals surface area contributed by atoms with E-state index in [1.165, 1.54) is 5.56 Å². The van der Waals surface area contributed by atoms with Gasteiger partial charge in [-0.05, 0) is 56.3 Å². The highest BCUT2D eigenvalue weighted by Crippen LogP contribution is 2.21. The average Bonchev–Trinajstić information content (AvgIpc) is 2.71. The monoisotopic (exact) mass is 385 g/mol. The van der Waals surface area contributed by atoms with Gasteiger partial charge in [-0.3, -0.25) is 4.79 Å². The Kier molecular flexibility index (Phi) is 8.82. The molecule has 0 aliphatic rings. The minimum absolute atomic E-state index is 0.205. The standard InChI is InChI=1S/C23H31NO4/c1-5-23(25)28-21(16-24(2)3)17-27-22-9-7-6-8-19(22)13-10-18-11-14-20(26-4)15-12-18/h6-9,11-12,14-15,21H,5,10,13,16-17H2,1-4H3. The van der Waals surface area contributed by atoms with Gasteiger partial charge in [0.05, 0.1) is 7.11 Å². The van der Waals surface area contributed by atoms with Crippen LogP contribution in [-0.2, 0) is 22.4 Å². The zero-order valence-corrected chi connectivity index (χ0v) is 17.3. The molecule has 2 aromatic carbocycles. The molecule has 1 unspecified atom stereocenters. The van der Waals surface area contributed by atoms with Crippen LogP contribution in [-0.4, -0.2) is 51.3 Å². The molecular weight excluding hydrogens is 354 g/mol. The number of esters is 1. The highest BCUT2D eigenvalue weighted by atomic mass is 16.6. The van der Waals surface area contributed by atoms with E-state index in [-0.39, 0.29) is 12.1 Å².